The average Bonchev–Trinajstić information content (AvgIpc) is 3.14. The highest BCUT2D eigenvalue weighted by Crippen LogP contribution is 2.39. The van der Waals surface area contributed by atoms with Crippen LogP contribution in [0.2, 0.25) is 0 Å². The molecule has 3 amide bonds. The van der Waals surface area contributed by atoms with Gasteiger partial charge in [0.1, 0.15) is 17.5 Å². The number of piperidine rings is 1. The second-order valence-electron chi connectivity index (χ2n) is 8.92. The van der Waals surface area contributed by atoms with Gasteiger partial charge in [0, 0.05) is 44.0 Å². The van der Waals surface area contributed by atoms with E-state index in [2.05, 4.69) is 5.32 Å². The van der Waals surface area contributed by atoms with Crippen LogP contribution in [-0.2, 0) is 14.3 Å². The minimum absolute atomic E-state index is 0.151. The number of carbonyl (C=O) groups excluding carboxylic acids is 3. The van der Waals surface area contributed by atoms with E-state index >= 15 is 0 Å². The van der Waals surface area contributed by atoms with Crippen LogP contribution < -0.4 is 10.1 Å². The zero-order chi connectivity index (χ0) is 22.7. The van der Waals surface area contributed by atoms with Gasteiger partial charge in [0.2, 0.25) is 11.8 Å². The van der Waals surface area contributed by atoms with E-state index in [-0.39, 0.29) is 30.2 Å². The van der Waals surface area contributed by atoms with Crippen molar-refractivity contribution < 1.29 is 23.9 Å². The number of ether oxygens (including phenoxy) is 2. The van der Waals surface area contributed by atoms with Crippen LogP contribution in [0, 0.1) is 5.92 Å². The summed E-state index contributed by atoms with van der Waals surface area (Å²) in [6.45, 7) is 3.77. The number of carbonyl (C=O) groups is 3. The molecule has 0 radical (unpaired) electrons. The molecule has 1 atom stereocenters. The second kappa shape index (κ2) is 9.48. The zero-order valence-corrected chi connectivity index (χ0v) is 19.0. The Morgan fingerprint density at radius 2 is 1.84 bits per heavy atom. The van der Waals surface area contributed by atoms with E-state index in [1.54, 1.807) is 36.3 Å². The van der Waals surface area contributed by atoms with Crippen LogP contribution in [-0.4, -0.2) is 72.6 Å². The third kappa shape index (κ3) is 4.20. The van der Waals surface area contributed by atoms with Crippen molar-refractivity contribution in [1.29, 1.82) is 0 Å². The first kappa shape index (κ1) is 22.6. The number of hydrogen-bond acceptors (Lipinski definition) is 5. The van der Waals surface area contributed by atoms with Gasteiger partial charge in [-0.05, 0) is 43.5 Å². The number of amides is 3. The van der Waals surface area contributed by atoms with Gasteiger partial charge < -0.3 is 19.7 Å². The maximum atomic E-state index is 13.6. The van der Waals surface area contributed by atoms with Crippen LogP contribution in [0.25, 0.3) is 0 Å². The van der Waals surface area contributed by atoms with Crippen molar-refractivity contribution in [2.45, 2.75) is 57.2 Å². The summed E-state index contributed by atoms with van der Waals surface area (Å²) in [5.74, 6) is 0.598. The van der Waals surface area contributed by atoms with Crippen molar-refractivity contribution in [3.63, 3.8) is 0 Å². The Hall–Kier alpha value is -2.61. The fourth-order valence-corrected chi connectivity index (χ4v) is 4.80. The molecule has 1 saturated carbocycles. The normalized spacial score (nSPS) is 22.5. The fourth-order valence-electron chi connectivity index (χ4n) is 4.80. The van der Waals surface area contributed by atoms with Crippen molar-refractivity contribution in [2.75, 3.05) is 33.4 Å². The van der Waals surface area contributed by atoms with Crippen LogP contribution in [0.3, 0.4) is 0 Å². The van der Waals surface area contributed by atoms with Gasteiger partial charge in [-0.3, -0.25) is 19.3 Å². The zero-order valence-electron chi connectivity index (χ0n) is 19.0. The van der Waals surface area contributed by atoms with Crippen molar-refractivity contribution in [1.82, 2.24) is 15.1 Å². The molecule has 3 aliphatic rings. The highest BCUT2D eigenvalue weighted by Gasteiger charge is 2.54. The number of likely N-dealkylation sites (tertiary alicyclic amines) is 1. The van der Waals surface area contributed by atoms with E-state index in [9.17, 15) is 14.4 Å². The first-order valence-electron chi connectivity index (χ1n) is 11.7. The maximum absolute atomic E-state index is 13.6. The fraction of sp³-hybridized carbons (Fsp3) is 0.625. The lowest BCUT2D eigenvalue weighted by atomic mass is 9.83. The van der Waals surface area contributed by atoms with Gasteiger partial charge in [-0.25, -0.2) is 0 Å². The standard InChI is InChI=1S/C24H33N3O5/c1-3-13-25-21(28)20-16-32-24(11-14-26(15-12-24)22(29)17-5-4-6-17)27(20)23(30)18-7-9-19(31-2)10-8-18/h7-10,17,20H,3-6,11-16H2,1-2H3,(H,25,28)/t20-/m1/s1. The van der Waals surface area contributed by atoms with E-state index in [4.69, 9.17) is 9.47 Å². The molecule has 1 aliphatic carbocycles. The summed E-state index contributed by atoms with van der Waals surface area (Å²) >= 11 is 0. The lowest BCUT2D eigenvalue weighted by Crippen LogP contribution is -2.60. The molecule has 174 valence electrons. The Kier molecular flexibility index (Phi) is 6.69. The van der Waals surface area contributed by atoms with Gasteiger partial charge in [0.25, 0.3) is 5.91 Å². The second-order valence-corrected chi connectivity index (χ2v) is 8.92. The Morgan fingerprint density at radius 1 is 1.16 bits per heavy atom. The lowest BCUT2D eigenvalue weighted by Gasteiger charge is -2.45. The number of nitrogens with one attached hydrogen (secondary N) is 1. The van der Waals surface area contributed by atoms with E-state index in [1.165, 1.54) is 0 Å². The molecular formula is C24H33N3O5. The third-order valence-electron chi connectivity index (χ3n) is 6.98. The molecule has 1 aromatic carbocycles. The van der Waals surface area contributed by atoms with Gasteiger partial charge >= 0.3 is 0 Å². The predicted octanol–water partition coefficient (Wildman–Crippen LogP) is 2.18. The summed E-state index contributed by atoms with van der Waals surface area (Å²) in [6.07, 6.45) is 4.89. The Labute approximate surface area is 189 Å². The minimum atomic E-state index is -0.873. The van der Waals surface area contributed by atoms with E-state index in [0.29, 0.717) is 43.8 Å². The number of rotatable bonds is 6. The van der Waals surface area contributed by atoms with E-state index in [0.717, 1.165) is 25.7 Å². The quantitative estimate of drug-likeness (QED) is 0.728. The molecule has 2 saturated heterocycles. The largest absolute Gasteiger partial charge is 0.497 e. The molecule has 8 nitrogen and oxygen atoms in total. The molecule has 0 bridgehead atoms. The minimum Gasteiger partial charge on any atom is -0.497 e. The third-order valence-corrected chi connectivity index (χ3v) is 6.98. The molecule has 1 spiro atoms. The Bertz CT molecular complexity index is 844. The molecule has 1 aromatic rings. The summed E-state index contributed by atoms with van der Waals surface area (Å²) < 4.78 is 11.4. The topological polar surface area (TPSA) is 88.2 Å². The van der Waals surface area contributed by atoms with Gasteiger partial charge in [-0.2, -0.15) is 0 Å². The van der Waals surface area contributed by atoms with E-state index in [1.807, 2.05) is 11.8 Å². The summed E-state index contributed by atoms with van der Waals surface area (Å²) in [5.41, 5.74) is -0.390. The smallest absolute Gasteiger partial charge is 0.256 e. The predicted molar refractivity (Wildman–Crippen MR) is 118 cm³/mol. The van der Waals surface area contributed by atoms with Crippen LogP contribution in [0.5, 0.6) is 5.75 Å². The van der Waals surface area contributed by atoms with Crippen LogP contribution in [0.4, 0.5) is 0 Å². The van der Waals surface area contributed by atoms with Crippen molar-refractivity contribution in [3.05, 3.63) is 29.8 Å². The highest BCUT2D eigenvalue weighted by atomic mass is 16.5. The van der Waals surface area contributed by atoms with Crippen molar-refractivity contribution in [3.8, 4) is 5.75 Å². The van der Waals surface area contributed by atoms with Crippen molar-refractivity contribution >= 4 is 17.7 Å². The summed E-state index contributed by atoms with van der Waals surface area (Å²) in [5, 5.41) is 2.91. The van der Waals surface area contributed by atoms with Gasteiger partial charge in [0.15, 0.2) is 0 Å². The number of hydrogen-bond donors (Lipinski definition) is 1. The van der Waals surface area contributed by atoms with Crippen LogP contribution >= 0.6 is 0 Å². The molecular weight excluding hydrogens is 410 g/mol. The maximum Gasteiger partial charge on any atom is 0.256 e. The monoisotopic (exact) mass is 443 g/mol. The first-order valence-corrected chi connectivity index (χ1v) is 11.7. The SMILES string of the molecule is CCCNC(=O)[C@H]1COC2(CCN(C(=O)C3CCC3)CC2)N1C(=O)c1ccc(OC)cc1. The number of nitrogens with zero attached hydrogens (tertiary/aromatic N) is 2. The lowest BCUT2D eigenvalue weighted by molar-refractivity contribution is -0.149. The first-order chi connectivity index (χ1) is 15.5. The summed E-state index contributed by atoms with van der Waals surface area (Å²) in [7, 11) is 1.58. The van der Waals surface area contributed by atoms with Gasteiger partial charge in [0.05, 0.1) is 13.7 Å². The highest BCUT2D eigenvalue weighted by molar-refractivity contribution is 5.98. The number of methoxy groups -OCH3 is 1. The Morgan fingerprint density at radius 3 is 2.41 bits per heavy atom. The number of benzene rings is 1. The molecule has 2 aliphatic heterocycles. The molecule has 8 heteroatoms. The molecule has 1 N–H and O–H groups in total. The van der Waals surface area contributed by atoms with E-state index < -0.39 is 11.8 Å². The van der Waals surface area contributed by atoms with Crippen LogP contribution in [0.15, 0.2) is 24.3 Å². The molecule has 0 unspecified atom stereocenters. The Balaban J connectivity index is 1.55. The summed E-state index contributed by atoms with van der Waals surface area (Å²) in [4.78, 5) is 42.8. The molecule has 2 heterocycles. The van der Waals surface area contributed by atoms with Gasteiger partial charge in [-0.15, -0.1) is 0 Å². The molecule has 0 aromatic heterocycles. The summed E-state index contributed by atoms with van der Waals surface area (Å²) in [6, 6.07) is 6.21. The molecule has 32 heavy (non-hydrogen) atoms. The molecule has 4 rings (SSSR count). The van der Waals surface area contributed by atoms with Crippen LogP contribution in [0.1, 0.15) is 55.8 Å². The molecule has 3 fully saturated rings. The van der Waals surface area contributed by atoms with Gasteiger partial charge in [-0.1, -0.05) is 13.3 Å². The van der Waals surface area contributed by atoms with Crippen molar-refractivity contribution in [2.24, 2.45) is 5.92 Å². The average molecular weight is 444 g/mol.